The van der Waals surface area contributed by atoms with Crippen molar-refractivity contribution in [1.82, 2.24) is 0 Å². The Bertz CT molecular complexity index is 605. The van der Waals surface area contributed by atoms with Gasteiger partial charge in [-0.2, -0.15) is 0 Å². The summed E-state index contributed by atoms with van der Waals surface area (Å²) in [7, 11) is 0. The van der Waals surface area contributed by atoms with Crippen LogP contribution in [0.5, 0.6) is 0 Å². The van der Waals surface area contributed by atoms with Crippen molar-refractivity contribution in [2.24, 2.45) is 5.73 Å². The molecule has 0 aromatic heterocycles. The Labute approximate surface area is 119 Å². The van der Waals surface area contributed by atoms with Gasteiger partial charge in [-0.3, -0.25) is 0 Å². The Balaban J connectivity index is 2.45. The Morgan fingerprint density at radius 2 is 1.89 bits per heavy atom. The fourth-order valence-corrected chi connectivity index (χ4v) is 2.32. The standard InChI is InChI=1S/C16H18N2S/c1-3-12-8-6-7-11(2)15(12)18-14-10-5-4-9-13(14)16(17)19/h4-10,18H,3H2,1-2H3,(H2,17,19). The quantitative estimate of drug-likeness (QED) is 0.827. The maximum absolute atomic E-state index is 5.77. The van der Waals surface area contributed by atoms with E-state index in [0.29, 0.717) is 4.99 Å². The SMILES string of the molecule is CCc1cccc(C)c1Nc1ccccc1C(N)=S. The van der Waals surface area contributed by atoms with Gasteiger partial charge in [0.15, 0.2) is 0 Å². The third-order valence-corrected chi connectivity index (χ3v) is 3.41. The molecule has 0 fully saturated rings. The number of nitrogens with one attached hydrogen (secondary N) is 1. The van der Waals surface area contributed by atoms with E-state index in [1.807, 2.05) is 24.3 Å². The second kappa shape index (κ2) is 5.85. The highest BCUT2D eigenvalue weighted by Crippen LogP contribution is 2.27. The van der Waals surface area contributed by atoms with E-state index in [1.54, 1.807) is 0 Å². The lowest BCUT2D eigenvalue weighted by molar-refractivity contribution is 1.13. The number of anilines is 2. The first-order chi connectivity index (χ1) is 9.13. The molecule has 0 atom stereocenters. The number of nitrogens with two attached hydrogens (primary N) is 1. The van der Waals surface area contributed by atoms with E-state index in [1.165, 1.54) is 11.1 Å². The van der Waals surface area contributed by atoms with Gasteiger partial charge in [-0.25, -0.2) is 0 Å². The first-order valence-electron chi connectivity index (χ1n) is 6.37. The van der Waals surface area contributed by atoms with Gasteiger partial charge < -0.3 is 11.1 Å². The number of para-hydroxylation sites is 2. The summed E-state index contributed by atoms with van der Waals surface area (Å²) >= 11 is 5.10. The van der Waals surface area contributed by atoms with Crippen LogP contribution in [0, 0.1) is 6.92 Å². The van der Waals surface area contributed by atoms with Crippen molar-refractivity contribution in [1.29, 1.82) is 0 Å². The lowest BCUT2D eigenvalue weighted by Crippen LogP contribution is -2.12. The monoisotopic (exact) mass is 270 g/mol. The lowest BCUT2D eigenvalue weighted by Gasteiger charge is -2.16. The highest BCUT2D eigenvalue weighted by Gasteiger charge is 2.08. The largest absolute Gasteiger partial charge is 0.389 e. The van der Waals surface area contributed by atoms with Crippen molar-refractivity contribution < 1.29 is 0 Å². The van der Waals surface area contributed by atoms with Crippen LogP contribution in [0.2, 0.25) is 0 Å². The molecule has 3 N–H and O–H groups in total. The first kappa shape index (κ1) is 13.6. The average Bonchev–Trinajstić information content (AvgIpc) is 2.41. The van der Waals surface area contributed by atoms with Gasteiger partial charge in [0.2, 0.25) is 0 Å². The molecule has 98 valence electrons. The molecule has 3 heteroatoms. The summed E-state index contributed by atoms with van der Waals surface area (Å²) in [4.78, 5) is 0.412. The molecule has 0 aliphatic heterocycles. The molecule has 0 aliphatic rings. The zero-order valence-electron chi connectivity index (χ0n) is 11.2. The average molecular weight is 270 g/mol. The second-order valence-electron chi connectivity index (χ2n) is 4.50. The molecule has 0 bridgehead atoms. The molecular weight excluding hydrogens is 252 g/mol. The normalized spacial score (nSPS) is 10.2. The molecule has 2 nitrogen and oxygen atoms in total. The van der Waals surface area contributed by atoms with Crippen LogP contribution < -0.4 is 11.1 Å². The van der Waals surface area contributed by atoms with Gasteiger partial charge in [0.1, 0.15) is 4.99 Å². The molecule has 19 heavy (non-hydrogen) atoms. The maximum atomic E-state index is 5.77. The minimum atomic E-state index is 0.412. The molecule has 0 saturated carbocycles. The van der Waals surface area contributed by atoms with Crippen LogP contribution in [-0.2, 0) is 6.42 Å². The van der Waals surface area contributed by atoms with Crippen molar-refractivity contribution in [2.75, 3.05) is 5.32 Å². The highest BCUT2D eigenvalue weighted by molar-refractivity contribution is 7.80. The van der Waals surface area contributed by atoms with E-state index >= 15 is 0 Å². The van der Waals surface area contributed by atoms with E-state index < -0.39 is 0 Å². The third-order valence-electron chi connectivity index (χ3n) is 3.19. The molecular formula is C16H18N2S. The van der Waals surface area contributed by atoms with E-state index in [9.17, 15) is 0 Å². The van der Waals surface area contributed by atoms with Crippen molar-refractivity contribution in [2.45, 2.75) is 20.3 Å². The summed E-state index contributed by atoms with van der Waals surface area (Å²) in [5.41, 5.74) is 11.3. The van der Waals surface area contributed by atoms with Crippen LogP contribution in [0.1, 0.15) is 23.6 Å². The molecule has 0 saturated heterocycles. The van der Waals surface area contributed by atoms with Crippen LogP contribution in [0.15, 0.2) is 42.5 Å². The van der Waals surface area contributed by atoms with E-state index in [2.05, 4.69) is 37.4 Å². The van der Waals surface area contributed by atoms with Crippen molar-refractivity contribution in [3.63, 3.8) is 0 Å². The summed E-state index contributed by atoms with van der Waals surface area (Å²) in [6, 6.07) is 14.2. The number of benzene rings is 2. The van der Waals surface area contributed by atoms with Gasteiger partial charge in [-0.05, 0) is 36.6 Å². The summed E-state index contributed by atoms with van der Waals surface area (Å²) in [5.74, 6) is 0. The maximum Gasteiger partial charge on any atom is 0.106 e. The predicted octanol–water partition coefficient (Wildman–Crippen LogP) is 3.94. The number of aryl methyl sites for hydroxylation is 2. The highest BCUT2D eigenvalue weighted by atomic mass is 32.1. The van der Waals surface area contributed by atoms with Gasteiger partial charge >= 0.3 is 0 Å². The van der Waals surface area contributed by atoms with Crippen LogP contribution in [0.25, 0.3) is 0 Å². The third kappa shape index (κ3) is 2.93. The molecule has 2 aromatic carbocycles. The lowest BCUT2D eigenvalue weighted by atomic mass is 10.0. The topological polar surface area (TPSA) is 38.0 Å². The van der Waals surface area contributed by atoms with Crippen LogP contribution in [0.3, 0.4) is 0 Å². The van der Waals surface area contributed by atoms with Gasteiger partial charge in [0, 0.05) is 16.9 Å². The molecule has 0 aliphatic carbocycles. The Hall–Kier alpha value is -1.87. The Morgan fingerprint density at radius 1 is 1.16 bits per heavy atom. The zero-order valence-corrected chi connectivity index (χ0v) is 12.1. The number of rotatable bonds is 4. The first-order valence-corrected chi connectivity index (χ1v) is 6.78. The van der Waals surface area contributed by atoms with Crippen molar-refractivity contribution in [3.05, 3.63) is 59.2 Å². The molecule has 0 radical (unpaired) electrons. The molecule has 2 aromatic rings. The molecule has 0 amide bonds. The van der Waals surface area contributed by atoms with E-state index in [-0.39, 0.29) is 0 Å². The van der Waals surface area contributed by atoms with Crippen LogP contribution in [-0.4, -0.2) is 4.99 Å². The Kier molecular flexibility index (Phi) is 4.17. The molecule has 0 heterocycles. The number of hydrogen-bond donors (Lipinski definition) is 2. The van der Waals surface area contributed by atoms with E-state index in [4.69, 9.17) is 18.0 Å². The predicted molar refractivity (Wildman–Crippen MR) is 86.2 cm³/mol. The van der Waals surface area contributed by atoms with Crippen LogP contribution >= 0.6 is 12.2 Å². The zero-order chi connectivity index (χ0) is 13.8. The van der Waals surface area contributed by atoms with E-state index in [0.717, 1.165) is 23.4 Å². The Morgan fingerprint density at radius 3 is 2.58 bits per heavy atom. The molecule has 0 spiro atoms. The van der Waals surface area contributed by atoms with Gasteiger partial charge in [0.05, 0.1) is 0 Å². The van der Waals surface area contributed by atoms with Crippen molar-refractivity contribution >= 4 is 28.6 Å². The van der Waals surface area contributed by atoms with Gasteiger partial charge in [0.25, 0.3) is 0 Å². The fraction of sp³-hybridized carbons (Fsp3) is 0.188. The van der Waals surface area contributed by atoms with Crippen molar-refractivity contribution in [3.8, 4) is 0 Å². The minimum Gasteiger partial charge on any atom is -0.389 e. The summed E-state index contributed by atoms with van der Waals surface area (Å²) in [5, 5.41) is 3.47. The second-order valence-corrected chi connectivity index (χ2v) is 4.94. The number of thiocarbonyl (C=S) groups is 1. The smallest absolute Gasteiger partial charge is 0.106 e. The summed E-state index contributed by atoms with van der Waals surface area (Å²) in [6.07, 6.45) is 0.985. The van der Waals surface area contributed by atoms with Crippen LogP contribution in [0.4, 0.5) is 11.4 Å². The van der Waals surface area contributed by atoms with Gasteiger partial charge in [-0.1, -0.05) is 49.5 Å². The number of hydrogen-bond acceptors (Lipinski definition) is 2. The summed E-state index contributed by atoms with van der Waals surface area (Å²) < 4.78 is 0. The fourth-order valence-electron chi connectivity index (χ4n) is 2.14. The minimum absolute atomic E-state index is 0.412. The molecule has 2 rings (SSSR count). The summed E-state index contributed by atoms with van der Waals surface area (Å²) in [6.45, 7) is 4.25. The molecule has 0 unspecified atom stereocenters. The van der Waals surface area contributed by atoms with Gasteiger partial charge in [-0.15, -0.1) is 0 Å².